The molecule has 0 spiro atoms. The zero-order valence-electron chi connectivity index (χ0n) is 17.5. The Morgan fingerprint density at radius 2 is 1.59 bits per heavy atom. The van der Waals surface area contributed by atoms with Crippen LogP contribution in [-0.4, -0.2) is 16.7 Å². The summed E-state index contributed by atoms with van der Waals surface area (Å²) in [4.78, 5) is 29.0. The minimum absolute atomic E-state index is 0.0820. The van der Waals surface area contributed by atoms with Crippen molar-refractivity contribution in [2.45, 2.75) is 13.3 Å². The summed E-state index contributed by atoms with van der Waals surface area (Å²) in [6.07, 6.45) is 1.51. The van der Waals surface area contributed by atoms with E-state index in [-0.39, 0.29) is 12.2 Å². The maximum Gasteiger partial charge on any atom is 0.255 e. The van der Waals surface area contributed by atoms with Gasteiger partial charge in [-0.3, -0.25) is 9.59 Å². The number of nitrogens with one attached hydrogen (secondary N) is 1. The topological polar surface area (TPSA) is 59.1 Å². The van der Waals surface area contributed by atoms with E-state index in [2.05, 4.69) is 10.3 Å². The molecule has 0 radical (unpaired) electrons. The van der Waals surface area contributed by atoms with Crippen molar-refractivity contribution in [1.29, 1.82) is 0 Å². The van der Waals surface area contributed by atoms with Crippen molar-refractivity contribution < 1.29 is 14.0 Å². The first kappa shape index (κ1) is 21.1. The van der Waals surface area contributed by atoms with E-state index in [1.807, 2.05) is 54.6 Å². The third-order valence-corrected chi connectivity index (χ3v) is 5.21. The van der Waals surface area contributed by atoms with Crippen molar-refractivity contribution in [2.75, 3.05) is 5.32 Å². The van der Waals surface area contributed by atoms with Gasteiger partial charge in [0.15, 0.2) is 5.78 Å². The maximum absolute atomic E-state index is 13.3. The average molecular weight is 424 g/mol. The number of Topliss-reactive ketones (excluding diaryl/α,β-unsaturated/α-hetero) is 1. The minimum Gasteiger partial charge on any atom is -0.322 e. The highest BCUT2D eigenvalue weighted by molar-refractivity contribution is 6.07. The number of aryl methyl sites for hydroxylation is 1. The fourth-order valence-electron chi connectivity index (χ4n) is 3.45. The predicted octanol–water partition coefficient (Wildman–Crippen LogP) is 5.87. The Morgan fingerprint density at radius 1 is 0.875 bits per heavy atom. The first-order chi connectivity index (χ1) is 15.5. The predicted molar refractivity (Wildman–Crippen MR) is 123 cm³/mol. The Balaban J connectivity index is 1.49. The van der Waals surface area contributed by atoms with Crippen LogP contribution in [0.2, 0.25) is 0 Å². The van der Waals surface area contributed by atoms with E-state index in [9.17, 15) is 14.0 Å². The largest absolute Gasteiger partial charge is 0.322 e. The van der Waals surface area contributed by atoms with Gasteiger partial charge in [0.2, 0.25) is 5.95 Å². The van der Waals surface area contributed by atoms with Crippen LogP contribution in [0.5, 0.6) is 0 Å². The molecule has 0 bridgehead atoms. The summed E-state index contributed by atoms with van der Waals surface area (Å²) in [6.45, 7) is 1.79. The number of halogens is 1. The molecule has 3 aromatic carbocycles. The molecule has 0 unspecified atom stereocenters. The van der Waals surface area contributed by atoms with Crippen molar-refractivity contribution in [3.05, 3.63) is 119 Å². The smallest absolute Gasteiger partial charge is 0.255 e. The lowest BCUT2D eigenvalue weighted by Crippen LogP contribution is -2.15. The molecule has 0 saturated heterocycles. The van der Waals surface area contributed by atoms with E-state index in [1.54, 1.807) is 25.1 Å². The number of anilines is 1. The zero-order chi connectivity index (χ0) is 22.5. The monoisotopic (exact) mass is 424 g/mol. The van der Waals surface area contributed by atoms with Crippen molar-refractivity contribution >= 4 is 17.4 Å². The highest BCUT2D eigenvalue weighted by atomic mass is 19.1. The standard InChI is InChI=1S/C27H21FN2O2/c1-18-7-10-22(16-24(18)27(32)30-23-13-14-29-26(28)17-23)25(31)15-19-8-11-21(12-9-19)20-5-3-2-4-6-20/h2-14,16-17H,15H2,1H3,(H,29,30,32). The van der Waals surface area contributed by atoms with Crippen LogP contribution in [0.3, 0.4) is 0 Å². The van der Waals surface area contributed by atoms with E-state index in [0.717, 1.165) is 28.3 Å². The zero-order valence-corrected chi connectivity index (χ0v) is 17.5. The van der Waals surface area contributed by atoms with Gasteiger partial charge in [-0.1, -0.05) is 66.7 Å². The number of carbonyl (C=O) groups excluding carboxylic acids is 2. The number of benzene rings is 3. The molecule has 0 aliphatic carbocycles. The molecule has 4 nitrogen and oxygen atoms in total. The van der Waals surface area contributed by atoms with Gasteiger partial charge in [-0.2, -0.15) is 4.39 Å². The molecular formula is C27H21FN2O2. The van der Waals surface area contributed by atoms with Crippen molar-refractivity contribution in [2.24, 2.45) is 0 Å². The normalized spacial score (nSPS) is 10.6. The Morgan fingerprint density at radius 3 is 2.31 bits per heavy atom. The van der Waals surface area contributed by atoms with E-state index in [4.69, 9.17) is 0 Å². The molecule has 32 heavy (non-hydrogen) atoms. The number of hydrogen-bond acceptors (Lipinski definition) is 3. The van der Waals surface area contributed by atoms with E-state index >= 15 is 0 Å². The molecule has 0 aliphatic heterocycles. The SMILES string of the molecule is Cc1ccc(C(=O)Cc2ccc(-c3ccccc3)cc2)cc1C(=O)Nc1ccnc(F)c1. The second-order valence-electron chi connectivity index (χ2n) is 7.51. The molecule has 0 atom stereocenters. The Labute approximate surface area is 185 Å². The highest BCUT2D eigenvalue weighted by Gasteiger charge is 2.15. The summed E-state index contributed by atoms with van der Waals surface area (Å²) >= 11 is 0. The van der Waals surface area contributed by atoms with Gasteiger partial charge in [-0.05, 0) is 41.3 Å². The fourth-order valence-corrected chi connectivity index (χ4v) is 3.45. The Bertz CT molecular complexity index is 1270. The molecule has 0 saturated carbocycles. The number of hydrogen-bond donors (Lipinski definition) is 1. The van der Waals surface area contributed by atoms with Gasteiger partial charge in [0.05, 0.1) is 0 Å². The van der Waals surface area contributed by atoms with E-state index in [1.165, 1.54) is 12.3 Å². The van der Waals surface area contributed by atoms with Crippen LogP contribution in [-0.2, 0) is 6.42 Å². The van der Waals surface area contributed by atoms with E-state index in [0.29, 0.717) is 16.8 Å². The lowest BCUT2D eigenvalue weighted by Gasteiger charge is -2.10. The maximum atomic E-state index is 13.3. The van der Waals surface area contributed by atoms with Crippen LogP contribution in [0, 0.1) is 12.9 Å². The summed E-state index contributed by atoms with van der Waals surface area (Å²) in [5.74, 6) is -1.17. The lowest BCUT2D eigenvalue weighted by molar-refractivity contribution is 0.0993. The van der Waals surface area contributed by atoms with Crippen LogP contribution < -0.4 is 5.32 Å². The number of nitrogens with zero attached hydrogens (tertiary/aromatic N) is 1. The first-order valence-corrected chi connectivity index (χ1v) is 10.2. The van der Waals surface area contributed by atoms with Gasteiger partial charge >= 0.3 is 0 Å². The second kappa shape index (κ2) is 9.35. The third-order valence-electron chi connectivity index (χ3n) is 5.21. The highest BCUT2D eigenvalue weighted by Crippen LogP contribution is 2.21. The number of amides is 1. The number of ketones is 1. The summed E-state index contributed by atoms with van der Waals surface area (Å²) in [6, 6.07) is 25.6. The van der Waals surface area contributed by atoms with Crippen molar-refractivity contribution in [3.63, 3.8) is 0 Å². The second-order valence-corrected chi connectivity index (χ2v) is 7.51. The van der Waals surface area contributed by atoms with Gasteiger partial charge < -0.3 is 5.32 Å². The summed E-state index contributed by atoms with van der Waals surface area (Å²) in [5, 5.41) is 2.65. The Kier molecular flexibility index (Phi) is 6.17. The molecule has 1 aromatic heterocycles. The van der Waals surface area contributed by atoms with Gasteiger partial charge in [0, 0.05) is 35.5 Å². The van der Waals surface area contributed by atoms with Gasteiger partial charge in [-0.15, -0.1) is 0 Å². The van der Waals surface area contributed by atoms with Crippen LogP contribution >= 0.6 is 0 Å². The lowest BCUT2D eigenvalue weighted by atomic mass is 9.97. The molecule has 158 valence electrons. The van der Waals surface area contributed by atoms with Crippen LogP contribution in [0.25, 0.3) is 11.1 Å². The molecule has 5 heteroatoms. The summed E-state index contributed by atoms with van der Waals surface area (Å²) in [5.41, 5.74) is 4.95. The Hall–Kier alpha value is -4.12. The van der Waals surface area contributed by atoms with Gasteiger partial charge in [0.1, 0.15) is 0 Å². The molecule has 0 fully saturated rings. The summed E-state index contributed by atoms with van der Waals surface area (Å²) < 4.78 is 13.3. The molecule has 0 aliphatic rings. The molecule has 1 amide bonds. The minimum atomic E-state index is -0.679. The molecule has 1 heterocycles. The van der Waals surface area contributed by atoms with E-state index < -0.39 is 11.9 Å². The van der Waals surface area contributed by atoms with Crippen LogP contribution in [0.4, 0.5) is 10.1 Å². The van der Waals surface area contributed by atoms with Crippen molar-refractivity contribution in [1.82, 2.24) is 4.98 Å². The quantitative estimate of drug-likeness (QED) is 0.311. The fraction of sp³-hybridized carbons (Fsp3) is 0.0741. The summed E-state index contributed by atoms with van der Waals surface area (Å²) in [7, 11) is 0. The number of aromatic nitrogens is 1. The first-order valence-electron chi connectivity index (χ1n) is 10.2. The molecular weight excluding hydrogens is 403 g/mol. The third kappa shape index (κ3) is 4.95. The van der Waals surface area contributed by atoms with Gasteiger partial charge in [0.25, 0.3) is 5.91 Å². The number of carbonyl (C=O) groups is 2. The van der Waals surface area contributed by atoms with Crippen LogP contribution in [0.15, 0.2) is 91.1 Å². The molecule has 1 N–H and O–H groups in total. The number of rotatable bonds is 6. The van der Waals surface area contributed by atoms with Crippen LogP contribution in [0.1, 0.15) is 31.8 Å². The molecule has 4 aromatic rings. The van der Waals surface area contributed by atoms with Gasteiger partial charge in [-0.25, -0.2) is 4.98 Å². The van der Waals surface area contributed by atoms with Crippen molar-refractivity contribution in [3.8, 4) is 11.1 Å². The number of pyridine rings is 1. The average Bonchev–Trinajstić information content (AvgIpc) is 2.80. The molecule has 4 rings (SSSR count).